The Morgan fingerprint density at radius 2 is 1.19 bits per heavy atom. The Labute approximate surface area is 125 Å². The van der Waals surface area contributed by atoms with Gasteiger partial charge in [-0.3, -0.25) is 0 Å². The highest BCUT2D eigenvalue weighted by molar-refractivity contribution is 6.17. The first kappa shape index (κ1) is 13.5. The van der Waals surface area contributed by atoms with E-state index in [2.05, 4.69) is 36.4 Å². The lowest BCUT2D eigenvalue weighted by Crippen LogP contribution is -1.99. The van der Waals surface area contributed by atoms with Crippen LogP contribution in [-0.2, 0) is 0 Å². The van der Waals surface area contributed by atoms with Gasteiger partial charge in [0, 0.05) is 0 Å². The van der Waals surface area contributed by atoms with Crippen LogP contribution in [0.25, 0.3) is 22.3 Å². The standard InChI is InChI=1S/C18H14BO2/c20-19-21-18-11-9-15(10-12-18)17-8-4-7-16(13-17)14-5-2-1-3-6-14/h1-13,20H. The van der Waals surface area contributed by atoms with Crippen molar-refractivity contribution in [3.05, 3.63) is 78.9 Å². The van der Waals surface area contributed by atoms with Crippen LogP contribution in [0.5, 0.6) is 5.75 Å². The molecule has 21 heavy (non-hydrogen) atoms. The maximum atomic E-state index is 8.62. The molecule has 0 saturated carbocycles. The van der Waals surface area contributed by atoms with E-state index in [4.69, 9.17) is 9.68 Å². The van der Waals surface area contributed by atoms with E-state index >= 15 is 0 Å². The minimum atomic E-state index is 0.612. The molecule has 0 spiro atoms. The zero-order chi connectivity index (χ0) is 14.5. The Bertz CT molecular complexity index is 709. The van der Waals surface area contributed by atoms with Crippen LogP contribution in [0.1, 0.15) is 0 Å². The van der Waals surface area contributed by atoms with Gasteiger partial charge in [0.05, 0.1) is 0 Å². The van der Waals surface area contributed by atoms with Gasteiger partial charge in [-0.25, -0.2) is 0 Å². The lowest BCUT2D eigenvalue weighted by atomic mass is 9.99. The summed E-state index contributed by atoms with van der Waals surface area (Å²) in [5, 5.41) is 8.62. The maximum absolute atomic E-state index is 8.62. The van der Waals surface area contributed by atoms with Crippen molar-refractivity contribution < 1.29 is 9.68 Å². The smallest absolute Gasteiger partial charge is 0.537 e. The van der Waals surface area contributed by atoms with Crippen LogP contribution in [0.4, 0.5) is 0 Å². The molecule has 0 aliphatic rings. The molecule has 3 aromatic carbocycles. The zero-order valence-electron chi connectivity index (χ0n) is 11.4. The van der Waals surface area contributed by atoms with E-state index < -0.39 is 0 Å². The molecule has 3 aromatic rings. The molecule has 0 unspecified atom stereocenters. The first-order valence-corrected chi connectivity index (χ1v) is 6.75. The molecule has 0 aliphatic carbocycles. The van der Waals surface area contributed by atoms with Crippen molar-refractivity contribution in [2.24, 2.45) is 0 Å². The fourth-order valence-electron chi connectivity index (χ4n) is 2.30. The van der Waals surface area contributed by atoms with Crippen molar-refractivity contribution in [3.8, 4) is 28.0 Å². The minimum absolute atomic E-state index is 0.612. The van der Waals surface area contributed by atoms with Gasteiger partial charge in [-0.2, -0.15) is 0 Å². The fraction of sp³-hybridized carbons (Fsp3) is 0. The fourth-order valence-corrected chi connectivity index (χ4v) is 2.30. The highest BCUT2D eigenvalue weighted by atomic mass is 16.5. The summed E-state index contributed by atoms with van der Waals surface area (Å²) in [6.45, 7) is 0. The molecule has 1 N–H and O–H groups in total. The average Bonchev–Trinajstić information content (AvgIpc) is 2.57. The van der Waals surface area contributed by atoms with Gasteiger partial charge in [0.25, 0.3) is 0 Å². The molecule has 0 atom stereocenters. The summed E-state index contributed by atoms with van der Waals surface area (Å²) in [7, 11) is 0.686. The summed E-state index contributed by atoms with van der Waals surface area (Å²) in [6.07, 6.45) is 0. The van der Waals surface area contributed by atoms with Gasteiger partial charge in [0.1, 0.15) is 5.75 Å². The molecule has 3 heteroatoms. The molecular formula is C18H14BO2. The maximum Gasteiger partial charge on any atom is 0.569 e. The second-order valence-electron chi connectivity index (χ2n) is 4.69. The third-order valence-corrected chi connectivity index (χ3v) is 3.35. The van der Waals surface area contributed by atoms with E-state index in [-0.39, 0.29) is 0 Å². The number of hydrogen-bond acceptors (Lipinski definition) is 2. The van der Waals surface area contributed by atoms with E-state index in [1.54, 1.807) is 0 Å². The molecule has 2 nitrogen and oxygen atoms in total. The molecule has 101 valence electrons. The topological polar surface area (TPSA) is 29.5 Å². The van der Waals surface area contributed by atoms with E-state index in [0.29, 0.717) is 13.4 Å². The normalized spacial score (nSPS) is 10.1. The van der Waals surface area contributed by atoms with Crippen molar-refractivity contribution in [1.82, 2.24) is 0 Å². The molecule has 0 aromatic heterocycles. The van der Waals surface area contributed by atoms with Crippen LogP contribution in [0.3, 0.4) is 0 Å². The second-order valence-corrected chi connectivity index (χ2v) is 4.69. The van der Waals surface area contributed by atoms with Gasteiger partial charge in [-0.15, -0.1) is 0 Å². The van der Waals surface area contributed by atoms with Crippen LogP contribution in [-0.4, -0.2) is 12.7 Å². The third-order valence-electron chi connectivity index (χ3n) is 3.35. The Morgan fingerprint density at radius 3 is 1.81 bits per heavy atom. The van der Waals surface area contributed by atoms with Crippen molar-refractivity contribution in [3.63, 3.8) is 0 Å². The molecule has 0 saturated heterocycles. The quantitative estimate of drug-likeness (QED) is 0.730. The minimum Gasteiger partial charge on any atom is -0.537 e. The van der Waals surface area contributed by atoms with Crippen molar-refractivity contribution in [1.29, 1.82) is 0 Å². The summed E-state index contributed by atoms with van der Waals surface area (Å²) >= 11 is 0. The van der Waals surface area contributed by atoms with Crippen molar-refractivity contribution >= 4 is 7.69 Å². The largest absolute Gasteiger partial charge is 0.569 e. The Hall–Kier alpha value is -2.52. The molecule has 1 radical (unpaired) electrons. The van der Waals surface area contributed by atoms with Crippen LogP contribution >= 0.6 is 0 Å². The van der Waals surface area contributed by atoms with Gasteiger partial charge in [-0.05, 0) is 40.5 Å². The summed E-state index contributed by atoms with van der Waals surface area (Å²) in [5.74, 6) is 0.612. The molecule has 0 bridgehead atoms. The number of benzene rings is 3. The number of hydrogen-bond donors (Lipinski definition) is 1. The summed E-state index contributed by atoms with van der Waals surface area (Å²) in [5.41, 5.74) is 4.65. The first-order chi connectivity index (χ1) is 10.4. The predicted octanol–water partition coefficient (Wildman–Crippen LogP) is 3.93. The van der Waals surface area contributed by atoms with E-state index in [9.17, 15) is 0 Å². The van der Waals surface area contributed by atoms with Gasteiger partial charge in [0.2, 0.25) is 0 Å². The van der Waals surface area contributed by atoms with Gasteiger partial charge < -0.3 is 9.68 Å². The van der Waals surface area contributed by atoms with Crippen LogP contribution in [0, 0.1) is 0 Å². The zero-order valence-corrected chi connectivity index (χ0v) is 11.4. The van der Waals surface area contributed by atoms with Gasteiger partial charge >= 0.3 is 7.69 Å². The lowest BCUT2D eigenvalue weighted by molar-refractivity contribution is 0.454. The van der Waals surface area contributed by atoms with Gasteiger partial charge in [0.15, 0.2) is 0 Å². The lowest BCUT2D eigenvalue weighted by Gasteiger charge is -2.07. The highest BCUT2D eigenvalue weighted by Crippen LogP contribution is 2.27. The summed E-state index contributed by atoms with van der Waals surface area (Å²) < 4.78 is 4.92. The summed E-state index contributed by atoms with van der Waals surface area (Å²) in [4.78, 5) is 0. The van der Waals surface area contributed by atoms with Crippen LogP contribution in [0.15, 0.2) is 78.9 Å². The van der Waals surface area contributed by atoms with Crippen molar-refractivity contribution in [2.75, 3.05) is 0 Å². The van der Waals surface area contributed by atoms with E-state index in [1.807, 2.05) is 42.5 Å². The Balaban J connectivity index is 1.92. The molecular weight excluding hydrogens is 259 g/mol. The highest BCUT2D eigenvalue weighted by Gasteiger charge is 2.02. The van der Waals surface area contributed by atoms with E-state index in [0.717, 1.165) is 11.1 Å². The van der Waals surface area contributed by atoms with E-state index in [1.165, 1.54) is 11.1 Å². The molecule has 0 aliphatic heterocycles. The molecule has 0 heterocycles. The Kier molecular flexibility index (Phi) is 4.03. The SMILES string of the molecule is O[B]Oc1ccc(-c2cccc(-c3ccccc3)c2)cc1. The second kappa shape index (κ2) is 6.29. The molecule has 0 fully saturated rings. The number of rotatable bonds is 4. The predicted molar refractivity (Wildman–Crippen MR) is 85.9 cm³/mol. The molecule has 0 amide bonds. The molecule has 3 rings (SSSR count). The summed E-state index contributed by atoms with van der Waals surface area (Å²) in [6, 6.07) is 26.3. The average molecular weight is 273 g/mol. The van der Waals surface area contributed by atoms with Crippen molar-refractivity contribution in [2.45, 2.75) is 0 Å². The first-order valence-electron chi connectivity index (χ1n) is 6.75. The van der Waals surface area contributed by atoms with Crippen LogP contribution < -0.4 is 4.65 Å². The monoisotopic (exact) mass is 273 g/mol. The third kappa shape index (κ3) is 3.15. The van der Waals surface area contributed by atoms with Crippen LogP contribution in [0.2, 0.25) is 0 Å². The van der Waals surface area contributed by atoms with Gasteiger partial charge in [-0.1, -0.05) is 60.7 Å². The Morgan fingerprint density at radius 1 is 0.619 bits per heavy atom.